The van der Waals surface area contributed by atoms with Crippen molar-refractivity contribution in [3.05, 3.63) is 52.8 Å². The Labute approximate surface area is 200 Å². The topological polar surface area (TPSA) is 135 Å². The van der Waals surface area contributed by atoms with Crippen molar-refractivity contribution < 1.29 is 19.1 Å². The van der Waals surface area contributed by atoms with Crippen LogP contribution in [0.25, 0.3) is 11.3 Å². The maximum absolute atomic E-state index is 12.9. The number of anilines is 2. The zero-order chi connectivity index (χ0) is 24.7. The van der Waals surface area contributed by atoms with E-state index in [2.05, 4.69) is 25.8 Å². The van der Waals surface area contributed by atoms with Crippen LogP contribution < -0.4 is 25.7 Å². The molecular weight excluding hydrogens is 458 g/mol. The zero-order valence-electron chi connectivity index (χ0n) is 19.2. The van der Waals surface area contributed by atoms with E-state index >= 15 is 0 Å². The standard InChI is InChI=1S/C23H25N5O5S/c1-5-19(21(30)25-14-10-15(32-3)12-16(11-14)33-4)34-23-26-22(31)20(27-28-23)17-8-6-7-9-18(17)24-13(2)29/h6-12,19H,5H2,1-4H3,(H,24,29)(H,25,30)(H,26,28,31). The monoisotopic (exact) mass is 483 g/mol. The number of nitrogens with zero attached hydrogens (tertiary/aromatic N) is 2. The normalized spacial score (nSPS) is 11.4. The van der Waals surface area contributed by atoms with Gasteiger partial charge in [0.15, 0.2) is 10.9 Å². The van der Waals surface area contributed by atoms with Crippen LogP contribution in [0.3, 0.4) is 0 Å². The highest BCUT2D eigenvalue weighted by Gasteiger charge is 2.21. The van der Waals surface area contributed by atoms with Crippen molar-refractivity contribution in [3.8, 4) is 22.8 Å². The number of carbonyl (C=O) groups excluding carboxylic acids is 2. The second-order valence-corrected chi connectivity index (χ2v) is 8.33. The summed E-state index contributed by atoms with van der Waals surface area (Å²) in [5.74, 6) is 0.543. The van der Waals surface area contributed by atoms with E-state index in [9.17, 15) is 14.4 Å². The first-order chi connectivity index (χ1) is 16.3. The van der Waals surface area contributed by atoms with E-state index in [1.54, 1.807) is 42.5 Å². The molecule has 0 aliphatic carbocycles. The zero-order valence-corrected chi connectivity index (χ0v) is 20.0. The fraction of sp³-hybridized carbons (Fsp3) is 0.261. The highest BCUT2D eigenvalue weighted by molar-refractivity contribution is 8.00. The number of hydrogen-bond donors (Lipinski definition) is 3. The van der Waals surface area contributed by atoms with E-state index in [0.29, 0.717) is 34.9 Å². The van der Waals surface area contributed by atoms with Crippen molar-refractivity contribution >= 4 is 35.0 Å². The predicted octanol–water partition coefficient (Wildman–Crippen LogP) is 3.32. The lowest BCUT2D eigenvalue weighted by Gasteiger charge is -2.15. The molecule has 3 aromatic rings. The van der Waals surface area contributed by atoms with Crippen LogP contribution in [0.1, 0.15) is 20.3 Å². The van der Waals surface area contributed by atoms with E-state index < -0.39 is 10.8 Å². The van der Waals surface area contributed by atoms with Gasteiger partial charge in [-0.25, -0.2) is 0 Å². The number of benzene rings is 2. The molecule has 0 aliphatic heterocycles. The second kappa shape index (κ2) is 11.3. The Kier molecular flexibility index (Phi) is 8.25. The second-order valence-electron chi connectivity index (χ2n) is 7.14. The highest BCUT2D eigenvalue weighted by Crippen LogP contribution is 2.28. The fourth-order valence-corrected chi connectivity index (χ4v) is 3.94. The molecule has 1 unspecified atom stereocenters. The number of methoxy groups -OCH3 is 2. The van der Waals surface area contributed by atoms with Gasteiger partial charge < -0.3 is 20.1 Å². The lowest BCUT2D eigenvalue weighted by atomic mass is 10.1. The van der Waals surface area contributed by atoms with Crippen molar-refractivity contribution in [3.63, 3.8) is 0 Å². The molecule has 34 heavy (non-hydrogen) atoms. The molecule has 0 radical (unpaired) electrons. The average Bonchev–Trinajstić information content (AvgIpc) is 2.82. The third kappa shape index (κ3) is 6.13. The molecule has 1 heterocycles. The first kappa shape index (κ1) is 24.8. The van der Waals surface area contributed by atoms with E-state index in [-0.39, 0.29) is 22.7 Å². The van der Waals surface area contributed by atoms with Crippen LogP contribution in [0.2, 0.25) is 0 Å². The van der Waals surface area contributed by atoms with E-state index in [1.807, 2.05) is 6.92 Å². The summed E-state index contributed by atoms with van der Waals surface area (Å²) in [6, 6.07) is 11.9. The summed E-state index contributed by atoms with van der Waals surface area (Å²) in [6.07, 6.45) is 0.481. The van der Waals surface area contributed by atoms with Gasteiger partial charge in [-0.3, -0.25) is 19.4 Å². The van der Waals surface area contributed by atoms with Crippen molar-refractivity contribution in [2.45, 2.75) is 30.7 Å². The van der Waals surface area contributed by atoms with Crippen molar-refractivity contribution in [2.75, 3.05) is 24.9 Å². The molecule has 0 spiro atoms. The van der Waals surface area contributed by atoms with Crippen LogP contribution in [0.4, 0.5) is 11.4 Å². The van der Waals surface area contributed by atoms with E-state index in [4.69, 9.17) is 9.47 Å². The van der Waals surface area contributed by atoms with Gasteiger partial charge in [-0.15, -0.1) is 10.2 Å². The number of thioether (sulfide) groups is 1. The molecule has 0 aliphatic rings. The minimum atomic E-state index is -0.542. The van der Waals surface area contributed by atoms with Gasteiger partial charge in [0.1, 0.15) is 11.5 Å². The number of hydrogen-bond acceptors (Lipinski definition) is 8. The molecule has 2 aromatic carbocycles. The SMILES string of the molecule is CCC(Sc1nnc(-c2ccccc2NC(C)=O)c(=O)[nH]1)C(=O)Nc1cc(OC)cc(OC)c1. The van der Waals surface area contributed by atoms with E-state index in [1.165, 1.54) is 21.1 Å². The summed E-state index contributed by atoms with van der Waals surface area (Å²) in [6.45, 7) is 3.23. The van der Waals surface area contributed by atoms with Crippen LogP contribution in [0, 0.1) is 0 Å². The Morgan fingerprint density at radius 3 is 2.32 bits per heavy atom. The third-order valence-corrected chi connectivity index (χ3v) is 5.94. The smallest absolute Gasteiger partial charge is 0.278 e. The summed E-state index contributed by atoms with van der Waals surface area (Å²) >= 11 is 1.10. The van der Waals surface area contributed by atoms with Gasteiger partial charge in [0.2, 0.25) is 11.8 Å². The number of ether oxygens (including phenoxy) is 2. The number of rotatable bonds is 9. The summed E-state index contributed by atoms with van der Waals surface area (Å²) in [5.41, 5.74) is 0.997. The number of nitrogens with one attached hydrogen (secondary N) is 3. The van der Waals surface area contributed by atoms with Crippen LogP contribution in [0.5, 0.6) is 11.5 Å². The molecule has 3 N–H and O–H groups in total. The first-order valence-corrected chi connectivity index (χ1v) is 11.3. The van der Waals surface area contributed by atoms with Gasteiger partial charge in [-0.1, -0.05) is 36.9 Å². The summed E-state index contributed by atoms with van der Waals surface area (Å²) < 4.78 is 10.5. The molecule has 1 atom stereocenters. The Morgan fingerprint density at radius 2 is 1.74 bits per heavy atom. The number of amides is 2. The first-order valence-electron chi connectivity index (χ1n) is 10.4. The Bertz CT molecular complexity index is 1220. The minimum Gasteiger partial charge on any atom is -0.497 e. The van der Waals surface area contributed by atoms with E-state index in [0.717, 1.165) is 11.8 Å². The Morgan fingerprint density at radius 1 is 1.06 bits per heavy atom. The van der Waals surface area contributed by atoms with Crippen LogP contribution in [-0.2, 0) is 9.59 Å². The maximum Gasteiger partial charge on any atom is 0.278 e. The fourth-order valence-electron chi connectivity index (χ4n) is 3.10. The quantitative estimate of drug-likeness (QED) is 0.395. The molecular formula is C23H25N5O5S. The lowest BCUT2D eigenvalue weighted by Crippen LogP contribution is -2.25. The highest BCUT2D eigenvalue weighted by atomic mass is 32.2. The summed E-state index contributed by atoms with van der Waals surface area (Å²) in [7, 11) is 3.05. The van der Waals surface area contributed by atoms with Crippen LogP contribution >= 0.6 is 11.8 Å². The number of carbonyl (C=O) groups is 2. The van der Waals surface area contributed by atoms with Crippen molar-refractivity contribution in [1.82, 2.24) is 15.2 Å². The number of aromatic amines is 1. The molecule has 0 fully saturated rings. The largest absolute Gasteiger partial charge is 0.497 e. The van der Waals surface area contributed by atoms with Gasteiger partial charge in [-0.2, -0.15) is 0 Å². The number of H-pyrrole nitrogens is 1. The lowest BCUT2D eigenvalue weighted by molar-refractivity contribution is -0.116. The van der Waals surface area contributed by atoms with Gasteiger partial charge in [0, 0.05) is 36.4 Å². The third-order valence-electron chi connectivity index (χ3n) is 4.71. The van der Waals surface area contributed by atoms with Crippen molar-refractivity contribution in [2.24, 2.45) is 0 Å². The maximum atomic E-state index is 12.9. The Hall–Kier alpha value is -3.86. The molecule has 11 heteroatoms. The number of aromatic nitrogens is 3. The number of para-hydroxylation sites is 1. The molecule has 0 saturated carbocycles. The Balaban J connectivity index is 1.79. The predicted molar refractivity (Wildman–Crippen MR) is 131 cm³/mol. The molecule has 3 rings (SSSR count). The molecule has 10 nitrogen and oxygen atoms in total. The minimum absolute atomic E-state index is 0.0645. The van der Waals surface area contributed by atoms with Gasteiger partial charge in [0.25, 0.3) is 5.56 Å². The molecule has 2 amide bonds. The summed E-state index contributed by atoms with van der Waals surface area (Å²) in [5, 5.41) is 13.3. The average molecular weight is 484 g/mol. The molecule has 178 valence electrons. The van der Waals surface area contributed by atoms with Crippen LogP contribution in [0.15, 0.2) is 52.4 Å². The van der Waals surface area contributed by atoms with Crippen LogP contribution in [-0.4, -0.2) is 46.5 Å². The van der Waals surface area contributed by atoms with Gasteiger partial charge in [0.05, 0.1) is 25.2 Å². The molecule has 0 saturated heterocycles. The van der Waals surface area contributed by atoms with Crippen molar-refractivity contribution in [1.29, 1.82) is 0 Å². The van der Waals surface area contributed by atoms with Gasteiger partial charge in [-0.05, 0) is 12.5 Å². The molecule has 0 bridgehead atoms. The summed E-state index contributed by atoms with van der Waals surface area (Å²) in [4.78, 5) is 39.8. The van der Waals surface area contributed by atoms with Gasteiger partial charge >= 0.3 is 0 Å². The molecule has 1 aromatic heterocycles.